The van der Waals surface area contributed by atoms with Crippen molar-refractivity contribution in [3.8, 4) is 0 Å². The normalized spacial score (nSPS) is 16.7. The minimum atomic E-state index is -0.594. The SMILES string of the molecule is Cc1nn(CC(O)CNCCC2CCC2)c(C)c1[N+](=O)[O-]. The molecule has 0 aromatic carbocycles. The van der Waals surface area contributed by atoms with Crippen molar-refractivity contribution in [2.75, 3.05) is 13.1 Å². The quantitative estimate of drug-likeness (QED) is 0.431. The Kier molecular flexibility index (Phi) is 5.30. The molecule has 1 aromatic heterocycles. The van der Waals surface area contributed by atoms with Gasteiger partial charge < -0.3 is 10.4 Å². The topological polar surface area (TPSA) is 93.2 Å². The number of nitrogens with one attached hydrogen (secondary N) is 1. The fourth-order valence-electron chi connectivity index (χ4n) is 2.75. The average Bonchev–Trinajstić information content (AvgIpc) is 2.61. The third kappa shape index (κ3) is 4.01. The van der Waals surface area contributed by atoms with Gasteiger partial charge in [0.1, 0.15) is 11.4 Å². The van der Waals surface area contributed by atoms with Crippen LogP contribution in [0.15, 0.2) is 0 Å². The van der Waals surface area contributed by atoms with Crippen molar-refractivity contribution in [2.45, 2.75) is 52.2 Å². The van der Waals surface area contributed by atoms with Gasteiger partial charge in [0.2, 0.25) is 0 Å². The van der Waals surface area contributed by atoms with Crippen molar-refractivity contribution in [2.24, 2.45) is 5.92 Å². The molecule has 2 rings (SSSR count). The number of aliphatic hydroxyl groups is 1. The predicted octanol–water partition coefficient (Wildman–Crippen LogP) is 1.55. The summed E-state index contributed by atoms with van der Waals surface area (Å²) < 4.78 is 1.52. The van der Waals surface area contributed by atoms with Gasteiger partial charge in [-0.05, 0) is 32.7 Å². The zero-order valence-corrected chi connectivity index (χ0v) is 12.7. The molecule has 7 heteroatoms. The summed E-state index contributed by atoms with van der Waals surface area (Å²) in [6.07, 6.45) is 4.59. The minimum Gasteiger partial charge on any atom is -0.390 e. The first-order valence-corrected chi connectivity index (χ1v) is 7.56. The van der Waals surface area contributed by atoms with Gasteiger partial charge in [0, 0.05) is 6.54 Å². The molecule has 1 saturated carbocycles. The Morgan fingerprint density at radius 2 is 2.24 bits per heavy atom. The maximum Gasteiger partial charge on any atom is 0.312 e. The monoisotopic (exact) mass is 296 g/mol. The van der Waals surface area contributed by atoms with Gasteiger partial charge in [-0.2, -0.15) is 5.10 Å². The molecule has 0 bridgehead atoms. The van der Waals surface area contributed by atoms with Crippen molar-refractivity contribution in [3.63, 3.8) is 0 Å². The fourth-order valence-corrected chi connectivity index (χ4v) is 2.75. The van der Waals surface area contributed by atoms with Crippen LogP contribution in [0.3, 0.4) is 0 Å². The Morgan fingerprint density at radius 3 is 2.76 bits per heavy atom. The molecule has 1 atom stereocenters. The first-order valence-electron chi connectivity index (χ1n) is 7.56. The lowest BCUT2D eigenvalue weighted by Gasteiger charge is -2.25. The molecule has 118 valence electrons. The number of aryl methyl sites for hydroxylation is 1. The summed E-state index contributed by atoms with van der Waals surface area (Å²) in [5.74, 6) is 0.855. The van der Waals surface area contributed by atoms with Gasteiger partial charge in [0.25, 0.3) is 0 Å². The van der Waals surface area contributed by atoms with Gasteiger partial charge in [-0.15, -0.1) is 0 Å². The lowest BCUT2D eigenvalue weighted by atomic mass is 9.83. The van der Waals surface area contributed by atoms with Crippen molar-refractivity contribution >= 4 is 5.69 Å². The van der Waals surface area contributed by atoms with Crippen LogP contribution in [0, 0.1) is 29.9 Å². The molecule has 0 aliphatic heterocycles. The highest BCUT2D eigenvalue weighted by Crippen LogP contribution is 2.28. The van der Waals surface area contributed by atoms with E-state index in [9.17, 15) is 15.2 Å². The van der Waals surface area contributed by atoms with Crippen LogP contribution in [0.25, 0.3) is 0 Å². The Bertz CT molecular complexity index is 497. The van der Waals surface area contributed by atoms with Crippen LogP contribution in [0.2, 0.25) is 0 Å². The molecule has 1 heterocycles. The van der Waals surface area contributed by atoms with E-state index in [4.69, 9.17) is 0 Å². The smallest absolute Gasteiger partial charge is 0.312 e. The summed E-state index contributed by atoms with van der Waals surface area (Å²) in [6, 6.07) is 0. The van der Waals surface area contributed by atoms with Crippen molar-refractivity contribution in [1.82, 2.24) is 15.1 Å². The highest BCUT2D eigenvalue weighted by atomic mass is 16.6. The number of aromatic nitrogens is 2. The van der Waals surface area contributed by atoms with E-state index in [1.165, 1.54) is 23.9 Å². The third-order valence-corrected chi connectivity index (χ3v) is 4.24. The van der Waals surface area contributed by atoms with Gasteiger partial charge in [0.15, 0.2) is 0 Å². The molecule has 1 aliphatic carbocycles. The lowest BCUT2D eigenvalue weighted by molar-refractivity contribution is -0.386. The van der Waals surface area contributed by atoms with Crippen LogP contribution in [0.5, 0.6) is 0 Å². The number of nitro groups is 1. The van der Waals surface area contributed by atoms with Crippen LogP contribution in [0.1, 0.15) is 37.1 Å². The molecular weight excluding hydrogens is 272 g/mol. The molecular formula is C14H24N4O3. The van der Waals surface area contributed by atoms with Gasteiger partial charge in [0.05, 0.1) is 17.6 Å². The maximum absolute atomic E-state index is 10.9. The van der Waals surface area contributed by atoms with E-state index in [1.54, 1.807) is 13.8 Å². The molecule has 1 fully saturated rings. The molecule has 7 nitrogen and oxygen atoms in total. The number of aliphatic hydroxyl groups excluding tert-OH is 1. The summed E-state index contributed by atoms with van der Waals surface area (Å²) in [6.45, 7) is 4.95. The van der Waals surface area contributed by atoms with E-state index in [0.717, 1.165) is 18.9 Å². The fraction of sp³-hybridized carbons (Fsp3) is 0.786. The van der Waals surface area contributed by atoms with Crippen LogP contribution >= 0.6 is 0 Å². The van der Waals surface area contributed by atoms with E-state index in [1.807, 2.05) is 0 Å². The first kappa shape index (κ1) is 15.9. The van der Waals surface area contributed by atoms with E-state index >= 15 is 0 Å². The molecule has 0 amide bonds. The van der Waals surface area contributed by atoms with E-state index in [-0.39, 0.29) is 12.2 Å². The molecule has 0 spiro atoms. The van der Waals surface area contributed by atoms with Gasteiger partial charge in [-0.1, -0.05) is 19.3 Å². The van der Waals surface area contributed by atoms with Crippen LogP contribution in [0.4, 0.5) is 5.69 Å². The summed E-state index contributed by atoms with van der Waals surface area (Å²) in [4.78, 5) is 10.5. The number of nitrogens with zero attached hydrogens (tertiary/aromatic N) is 3. The molecule has 0 radical (unpaired) electrons. The average molecular weight is 296 g/mol. The molecule has 0 saturated heterocycles. The number of hydrogen-bond acceptors (Lipinski definition) is 5. The minimum absolute atomic E-state index is 0.0418. The second-order valence-electron chi connectivity index (χ2n) is 5.90. The van der Waals surface area contributed by atoms with Crippen molar-refractivity contribution in [3.05, 3.63) is 21.5 Å². The highest BCUT2D eigenvalue weighted by molar-refractivity contribution is 5.39. The Balaban J connectivity index is 1.77. The molecule has 2 N–H and O–H groups in total. The van der Waals surface area contributed by atoms with Crippen LogP contribution < -0.4 is 5.32 Å². The number of hydrogen-bond donors (Lipinski definition) is 2. The third-order valence-electron chi connectivity index (χ3n) is 4.24. The summed E-state index contributed by atoms with van der Waals surface area (Å²) >= 11 is 0. The highest BCUT2D eigenvalue weighted by Gasteiger charge is 2.22. The van der Waals surface area contributed by atoms with Crippen molar-refractivity contribution < 1.29 is 10.0 Å². The van der Waals surface area contributed by atoms with Gasteiger partial charge in [-0.3, -0.25) is 14.8 Å². The molecule has 21 heavy (non-hydrogen) atoms. The zero-order chi connectivity index (χ0) is 15.4. The Hall–Kier alpha value is -1.47. The standard InChI is InChI=1S/C14H24N4O3/c1-10-14(18(20)21)11(2)17(16-10)9-13(19)8-15-7-6-12-4-3-5-12/h12-13,15,19H,3-9H2,1-2H3. The van der Waals surface area contributed by atoms with Crippen molar-refractivity contribution in [1.29, 1.82) is 0 Å². The summed E-state index contributed by atoms with van der Waals surface area (Å²) in [5, 5.41) is 28.3. The van der Waals surface area contributed by atoms with Crippen LogP contribution in [-0.4, -0.2) is 39.0 Å². The summed E-state index contributed by atoms with van der Waals surface area (Å²) in [5.41, 5.74) is 0.925. The van der Waals surface area contributed by atoms with Gasteiger partial charge >= 0.3 is 5.69 Å². The molecule has 1 aliphatic rings. The maximum atomic E-state index is 10.9. The number of rotatable bonds is 8. The van der Waals surface area contributed by atoms with Gasteiger partial charge in [-0.25, -0.2) is 0 Å². The van der Waals surface area contributed by atoms with E-state index < -0.39 is 11.0 Å². The summed E-state index contributed by atoms with van der Waals surface area (Å²) in [7, 11) is 0. The first-order chi connectivity index (χ1) is 9.99. The Labute approximate surface area is 124 Å². The lowest BCUT2D eigenvalue weighted by Crippen LogP contribution is -2.32. The van der Waals surface area contributed by atoms with Crippen LogP contribution in [-0.2, 0) is 6.54 Å². The second kappa shape index (κ2) is 7.00. The predicted molar refractivity (Wildman–Crippen MR) is 79.2 cm³/mol. The molecule has 1 unspecified atom stereocenters. The largest absolute Gasteiger partial charge is 0.390 e. The van der Waals surface area contributed by atoms with E-state index in [0.29, 0.717) is 17.9 Å². The second-order valence-corrected chi connectivity index (χ2v) is 5.90. The molecule has 1 aromatic rings. The van der Waals surface area contributed by atoms with E-state index in [2.05, 4.69) is 10.4 Å². The Morgan fingerprint density at radius 1 is 1.52 bits per heavy atom. The zero-order valence-electron chi connectivity index (χ0n) is 12.7.